The van der Waals surface area contributed by atoms with E-state index in [-0.39, 0.29) is 5.56 Å². The fraction of sp³-hybridized carbons (Fsp3) is 0.0909. The Balaban J connectivity index is 2.43. The van der Waals surface area contributed by atoms with Crippen molar-refractivity contribution in [2.45, 2.75) is 0 Å². The fourth-order valence-electron chi connectivity index (χ4n) is 1.88. The highest BCUT2D eigenvalue weighted by Crippen LogP contribution is 2.23. The predicted molar refractivity (Wildman–Crippen MR) is 62.1 cm³/mol. The fourth-order valence-corrected chi connectivity index (χ4v) is 1.88. The molecule has 90 valence electrons. The van der Waals surface area contributed by atoms with Crippen LogP contribution in [0.25, 0.3) is 17.0 Å². The van der Waals surface area contributed by atoms with E-state index in [9.17, 15) is 9.90 Å². The van der Waals surface area contributed by atoms with Crippen LogP contribution in [0.15, 0.2) is 30.7 Å². The summed E-state index contributed by atoms with van der Waals surface area (Å²) in [6.07, 6.45) is 4.52. The Labute approximate surface area is 101 Å². The summed E-state index contributed by atoms with van der Waals surface area (Å²) in [5, 5.41) is 17.4. The van der Waals surface area contributed by atoms with Crippen molar-refractivity contribution in [3.8, 4) is 11.4 Å². The van der Waals surface area contributed by atoms with Gasteiger partial charge in [-0.2, -0.15) is 10.2 Å². The zero-order valence-electron chi connectivity index (χ0n) is 9.48. The van der Waals surface area contributed by atoms with E-state index >= 15 is 0 Å². The molecule has 0 unspecified atom stereocenters. The van der Waals surface area contributed by atoms with E-state index in [0.29, 0.717) is 17.0 Å². The van der Waals surface area contributed by atoms with Gasteiger partial charge in [0.25, 0.3) is 0 Å². The third kappa shape index (κ3) is 1.37. The van der Waals surface area contributed by atoms with Crippen molar-refractivity contribution in [3.63, 3.8) is 0 Å². The molecule has 0 fully saturated rings. The van der Waals surface area contributed by atoms with E-state index in [2.05, 4.69) is 15.2 Å². The number of carboxylic acids is 1. The van der Waals surface area contributed by atoms with Gasteiger partial charge in [-0.15, -0.1) is 0 Å². The lowest BCUT2D eigenvalue weighted by Crippen LogP contribution is -2.09. The normalized spacial score (nSPS) is 10.9. The minimum atomic E-state index is -1.05. The topological polar surface area (TPSA) is 85.3 Å². The second-order valence-electron chi connectivity index (χ2n) is 3.77. The lowest BCUT2D eigenvalue weighted by atomic mass is 10.2. The number of aromatic nitrogens is 5. The van der Waals surface area contributed by atoms with Gasteiger partial charge in [0.2, 0.25) is 0 Å². The number of carbonyl (C=O) groups is 1. The quantitative estimate of drug-likeness (QED) is 0.720. The summed E-state index contributed by atoms with van der Waals surface area (Å²) < 4.78 is 3.10. The average Bonchev–Trinajstić information content (AvgIpc) is 2.95. The number of hydrogen-bond acceptors (Lipinski definition) is 4. The monoisotopic (exact) mass is 243 g/mol. The van der Waals surface area contributed by atoms with E-state index in [1.165, 1.54) is 10.7 Å². The summed E-state index contributed by atoms with van der Waals surface area (Å²) in [6.45, 7) is 0. The molecule has 0 spiro atoms. The second kappa shape index (κ2) is 3.66. The molecular weight excluding hydrogens is 234 g/mol. The first kappa shape index (κ1) is 10.5. The first-order chi connectivity index (χ1) is 8.68. The second-order valence-corrected chi connectivity index (χ2v) is 3.77. The van der Waals surface area contributed by atoms with Crippen LogP contribution in [-0.4, -0.2) is 35.5 Å². The molecular formula is C11H9N5O2. The van der Waals surface area contributed by atoms with Crippen molar-refractivity contribution in [2.75, 3.05) is 0 Å². The summed E-state index contributed by atoms with van der Waals surface area (Å²) in [6, 6.07) is 3.45. The molecule has 0 aliphatic carbocycles. The van der Waals surface area contributed by atoms with E-state index < -0.39 is 5.97 Å². The van der Waals surface area contributed by atoms with Crippen molar-refractivity contribution in [1.29, 1.82) is 0 Å². The van der Waals surface area contributed by atoms with E-state index in [1.807, 2.05) is 0 Å². The molecule has 0 saturated heterocycles. The third-order valence-electron chi connectivity index (χ3n) is 2.71. The molecule has 3 aromatic rings. The molecule has 7 heteroatoms. The standard InChI is InChI=1S/C11H9N5O2/c1-15-8(2-4-13-15)10-7(11(17)18)6-12-9-3-5-14-16(9)10/h2-6H,1H3,(H,17,18). The van der Waals surface area contributed by atoms with Crippen molar-refractivity contribution in [1.82, 2.24) is 24.4 Å². The van der Waals surface area contributed by atoms with Gasteiger partial charge in [-0.1, -0.05) is 0 Å². The zero-order valence-corrected chi connectivity index (χ0v) is 9.48. The maximum Gasteiger partial charge on any atom is 0.339 e. The van der Waals surface area contributed by atoms with Gasteiger partial charge in [0.15, 0.2) is 5.65 Å². The van der Waals surface area contributed by atoms with Crippen LogP contribution in [0, 0.1) is 0 Å². The number of carboxylic acid groups (broad SMARTS) is 1. The van der Waals surface area contributed by atoms with Gasteiger partial charge >= 0.3 is 5.97 Å². The molecule has 3 heterocycles. The van der Waals surface area contributed by atoms with Crippen LogP contribution < -0.4 is 0 Å². The van der Waals surface area contributed by atoms with Gasteiger partial charge in [0, 0.05) is 25.5 Å². The molecule has 0 aliphatic rings. The van der Waals surface area contributed by atoms with Crippen molar-refractivity contribution in [2.24, 2.45) is 7.05 Å². The lowest BCUT2D eigenvalue weighted by Gasteiger charge is -2.08. The largest absolute Gasteiger partial charge is 0.478 e. The number of fused-ring (bicyclic) bond motifs is 1. The highest BCUT2D eigenvalue weighted by molar-refractivity contribution is 5.94. The molecule has 0 amide bonds. The van der Waals surface area contributed by atoms with Gasteiger partial charge < -0.3 is 5.11 Å². The Morgan fingerprint density at radius 3 is 2.72 bits per heavy atom. The maximum absolute atomic E-state index is 11.3. The summed E-state index contributed by atoms with van der Waals surface area (Å²) in [5.41, 5.74) is 1.83. The van der Waals surface area contributed by atoms with Crippen LogP contribution in [0.2, 0.25) is 0 Å². The van der Waals surface area contributed by atoms with E-state index in [0.717, 1.165) is 0 Å². The van der Waals surface area contributed by atoms with Crippen LogP contribution >= 0.6 is 0 Å². The number of nitrogens with zero attached hydrogens (tertiary/aromatic N) is 5. The molecule has 3 aromatic heterocycles. The van der Waals surface area contributed by atoms with Gasteiger partial charge in [0.1, 0.15) is 11.3 Å². The van der Waals surface area contributed by atoms with Crippen LogP contribution in [0.5, 0.6) is 0 Å². The maximum atomic E-state index is 11.3. The van der Waals surface area contributed by atoms with Crippen molar-refractivity contribution < 1.29 is 9.90 Å². The molecule has 0 bridgehead atoms. The summed E-state index contributed by atoms with van der Waals surface area (Å²) in [5.74, 6) is -1.05. The SMILES string of the molecule is Cn1nccc1-c1c(C(=O)O)cnc2ccnn12. The molecule has 0 saturated carbocycles. The summed E-state index contributed by atoms with van der Waals surface area (Å²) in [7, 11) is 1.75. The smallest absolute Gasteiger partial charge is 0.339 e. The number of aromatic carboxylic acids is 1. The highest BCUT2D eigenvalue weighted by Gasteiger charge is 2.19. The zero-order chi connectivity index (χ0) is 12.7. The average molecular weight is 243 g/mol. The van der Waals surface area contributed by atoms with E-state index in [4.69, 9.17) is 0 Å². The Bertz CT molecular complexity index is 743. The molecule has 1 N–H and O–H groups in total. The Morgan fingerprint density at radius 2 is 2.06 bits per heavy atom. The van der Waals surface area contributed by atoms with Gasteiger partial charge in [-0.3, -0.25) is 4.68 Å². The van der Waals surface area contributed by atoms with Crippen LogP contribution in [0.3, 0.4) is 0 Å². The number of aryl methyl sites for hydroxylation is 1. The van der Waals surface area contributed by atoms with E-state index in [1.54, 1.807) is 36.3 Å². The van der Waals surface area contributed by atoms with Crippen molar-refractivity contribution >= 4 is 11.6 Å². The predicted octanol–water partition coefficient (Wildman–Crippen LogP) is 0.828. The molecule has 0 radical (unpaired) electrons. The summed E-state index contributed by atoms with van der Waals surface area (Å²) >= 11 is 0. The Kier molecular flexibility index (Phi) is 2.12. The first-order valence-corrected chi connectivity index (χ1v) is 5.23. The van der Waals surface area contributed by atoms with Gasteiger partial charge in [-0.25, -0.2) is 14.3 Å². The Hall–Kier alpha value is -2.70. The van der Waals surface area contributed by atoms with Crippen molar-refractivity contribution in [3.05, 3.63) is 36.3 Å². The number of rotatable bonds is 2. The van der Waals surface area contributed by atoms with Crippen LogP contribution in [0.4, 0.5) is 0 Å². The molecule has 3 rings (SSSR count). The summed E-state index contributed by atoms with van der Waals surface area (Å²) in [4.78, 5) is 15.3. The third-order valence-corrected chi connectivity index (χ3v) is 2.71. The van der Waals surface area contributed by atoms with Gasteiger partial charge in [-0.05, 0) is 6.07 Å². The molecule has 7 nitrogen and oxygen atoms in total. The Morgan fingerprint density at radius 1 is 1.28 bits per heavy atom. The van der Waals surface area contributed by atoms with Gasteiger partial charge in [0.05, 0.1) is 11.9 Å². The minimum absolute atomic E-state index is 0.0924. The molecule has 0 aromatic carbocycles. The first-order valence-electron chi connectivity index (χ1n) is 5.23. The molecule has 0 atom stereocenters. The van der Waals surface area contributed by atoms with Crippen LogP contribution in [0.1, 0.15) is 10.4 Å². The minimum Gasteiger partial charge on any atom is -0.478 e. The number of hydrogen-bond donors (Lipinski definition) is 1. The highest BCUT2D eigenvalue weighted by atomic mass is 16.4. The lowest BCUT2D eigenvalue weighted by molar-refractivity contribution is 0.0696. The molecule has 0 aliphatic heterocycles. The van der Waals surface area contributed by atoms with Crippen LogP contribution in [-0.2, 0) is 7.05 Å². The molecule has 18 heavy (non-hydrogen) atoms.